The molecule has 0 fully saturated rings. The van der Waals surface area contributed by atoms with Crippen molar-refractivity contribution in [1.82, 2.24) is 5.73 Å². The van der Waals surface area contributed by atoms with Crippen LogP contribution in [-0.2, 0) is 0 Å². The minimum atomic E-state index is 0.163. The zero-order valence-corrected chi connectivity index (χ0v) is 7.83. The maximum atomic E-state index is 8.80. The number of benzene rings is 1. The Bertz CT molecular complexity index is 246. The van der Waals surface area contributed by atoms with Gasteiger partial charge in [0.1, 0.15) is 0 Å². The van der Waals surface area contributed by atoms with E-state index >= 15 is 0 Å². The molecule has 0 heterocycles. The van der Waals surface area contributed by atoms with Crippen molar-refractivity contribution in [2.45, 2.75) is 6.92 Å². The third-order valence-corrected chi connectivity index (χ3v) is 1.98. The van der Waals surface area contributed by atoms with Crippen molar-refractivity contribution >= 4 is 11.4 Å². The van der Waals surface area contributed by atoms with Crippen LogP contribution in [0.4, 0.5) is 11.4 Å². The molecule has 0 spiro atoms. The highest BCUT2D eigenvalue weighted by Gasteiger charge is 2.01. The zero-order valence-electron chi connectivity index (χ0n) is 7.83. The lowest BCUT2D eigenvalue weighted by Crippen LogP contribution is -2.25. The number of hydrogen-bond acceptors (Lipinski definition) is 2. The minimum absolute atomic E-state index is 0.163. The van der Waals surface area contributed by atoms with Gasteiger partial charge < -0.3 is 15.7 Å². The summed E-state index contributed by atoms with van der Waals surface area (Å²) in [5, 5.41) is 8.80. The van der Waals surface area contributed by atoms with Gasteiger partial charge in [0, 0.05) is 18.8 Å². The van der Waals surface area contributed by atoms with E-state index in [0.717, 1.165) is 12.2 Å². The van der Waals surface area contributed by atoms with E-state index in [4.69, 9.17) is 10.8 Å². The first-order valence-electron chi connectivity index (χ1n) is 4.45. The van der Waals surface area contributed by atoms with Crippen molar-refractivity contribution in [2.75, 3.05) is 24.6 Å². The second-order valence-electron chi connectivity index (χ2n) is 2.85. The van der Waals surface area contributed by atoms with Gasteiger partial charge >= 0.3 is 0 Å². The lowest BCUT2D eigenvalue weighted by molar-refractivity contribution is 0.302. The molecule has 0 amide bonds. The number of likely N-dealkylation sites (N-methyl/N-ethyl adjacent to an activating group) is 1. The van der Waals surface area contributed by atoms with Crippen molar-refractivity contribution in [1.29, 1.82) is 0 Å². The Hall–Kier alpha value is -1.22. The Morgan fingerprint density at radius 3 is 2.38 bits per heavy atom. The van der Waals surface area contributed by atoms with E-state index in [9.17, 15) is 0 Å². The maximum Gasteiger partial charge on any atom is 0.0606 e. The largest absolute Gasteiger partial charge is 0.395 e. The molecule has 13 heavy (non-hydrogen) atoms. The van der Waals surface area contributed by atoms with Gasteiger partial charge in [-0.1, -0.05) is 0 Å². The van der Waals surface area contributed by atoms with Gasteiger partial charge in [-0.25, -0.2) is 0 Å². The van der Waals surface area contributed by atoms with Gasteiger partial charge in [0.25, 0.3) is 0 Å². The molecule has 1 radical (unpaired) electrons. The molecule has 0 aliphatic carbocycles. The Labute approximate surface area is 78.8 Å². The smallest absolute Gasteiger partial charge is 0.0606 e. The van der Waals surface area contributed by atoms with E-state index in [1.165, 1.54) is 0 Å². The number of nitrogens with zero attached hydrogens (tertiary/aromatic N) is 1. The summed E-state index contributed by atoms with van der Waals surface area (Å²) in [6.45, 7) is 3.73. The highest BCUT2D eigenvalue weighted by atomic mass is 16.3. The second kappa shape index (κ2) is 4.72. The first kappa shape index (κ1) is 9.86. The lowest BCUT2D eigenvalue weighted by atomic mass is 10.2. The van der Waals surface area contributed by atoms with Crippen LogP contribution in [0.1, 0.15) is 6.92 Å². The predicted octanol–water partition coefficient (Wildman–Crippen LogP) is 1.42. The highest BCUT2D eigenvalue weighted by molar-refractivity contribution is 5.51. The molecule has 2 N–H and O–H groups in total. The summed E-state index contributed by atoms with van der Waals surface area (Å²) in [6.07, 6.45) is 0. The quantitative estimate of drug-likeness (QED) is 0.759. The average Bonchev–Trinajstić information content (AvgIpc) is 2.16. The van der Waals surface area contributed by atoms with Crippen LogP contribution < -0.4 is 10.6 Å². The standard InChI is InChI=1S/C10H15N2O/c1-2-12(7-8-13)10-5-3-9(11)4-6-10/h3-6,11,13H,2,7-8H2,1H3. The van der Waals surface area contributed by atoms with Crippen LogP contribution in [0.2, 0.25) is 0 Å². The molecule has 71 valence electrons. The SMILES string of the molecule is CCN(CCO)c1ccc([NH])cc1. The van der Waals surface area contributed by atoms with Crippen molar-refractivity contribution < 1.29 is 5.11 Å². The zero-order chi connectivity index (χ0) is 9.68. The van der Waals surface area contributed by atoms with Crippen molar-refractivity contribution in [3.63, 3.8) is 0 Å². The molecule has 1 aromatic rings. The number of aliphatic hydroxyl groups is 1. The van der Waals surface area contributed by atoms with E-state index in [2.05, 4.69) is 4.90 Å². The van der Waals surface area contributed by atoms with Gasteiger partial charge in [-0.2, -0.15) is 0 Å². The summed E-state index contributed by atoms with van der Waals surface area (Å²) in [5.41, 5.74) is 8.90. The number of anilines is 1. The fraction of sp³-hybridized carbons (Fsp3) is 0.400. The van der Waals surface area contributed by atoms with E-state index < -0.39 is 0 Å². The molecule has 0 aromatic heterocycles. The summed E-state index contributed by atoms with van der Waals surface area (Å²) >= 11 is 0. The van der Waals surface area contributed by atoms with Crippen molar-refractivity contribution in [3.05, 3.63) is 24.3 Å². The number of aliphatic hydroxyl groups excluding tert-OH is 1. The Balaban J connectivity index is 2.73. The van der Waals surface area contributed by atoms with Gasteiger partial charge in [0.2, 0.25) is 0 Å². The van der Waals surface area contributed by atoms with Crippen LogP contribution in [-0.4, -0.2) is 24.8 Å². The fourth-order valence-electron chi connectivity index (χ4n) is 1.26. The van der Waals surface area contributed by atoms with Crippen LogP contribution in [0.15, 0.2) is 24.3 Å². The van der Waals surface area contributed by atoms with E-state index in [0.29, 0.717) is 12.2 Å². The van der Waals surface area contributed by atoms with Gasteiger partial charge in [0.05, 0.1) is 12.3 Å². The molecule has 0 aliphatic rings. The number of hydrogen-bond donors (Lipinski definition) is 1. The normalized spacial score (nSPS) is 10.0. The molecule has 0 atom stereocenters. The first-order chi connectivity index (χ1) is 6.27. The Morgan fingerprint density at radius 2 is 1.92 bits per heavy atom. The summed E-state index contributed by atoms with van der Waals surface area (Å²) in [4.78, 5) is 2.07. The summed E-state index contributed by atoms with van der Waals surface area (Å²) in [6, 6.07) is 7.33. The van der Waals surface area contributed by atoms with Gasteiger partial charge in [-0.15, -0.1) is 0 Å². The molecule has 0 saturated carbocycles. The third kappa shape index (κ3) is 2.63. The van der Waals surface area contributed by atoms with Gasteiger partial charge in [0.15, 0.2) is 0 Å². The maximum absolute atomic E-state index is 8.80. The summed E-state index contributed by atoms with van der Waals surface area (Å²) in [7, 11) is 0. The van der Waals surface area contributed by atoms with E-state index in [1.54, 1.807) is 12.1 Å². The van der Waals surface area contributed by atoms with E-state index in [1.807, 2.05) is 19.1 Å². The fourth-order valence-corrected chi connectivity index (χ4v) is 1.26. The topological polar surface area (TPSA) is 47.3 Å². The molecular weight excluding hydrogens is 164 g/mol. The third-order valence-electron chi connectivity index (χ3n) is 1.98. The molecule has 0 bridgehead atoms. The lowest BCUT2D eigenvalue weighted by Gasteiger charge is -2.21. The predicted molar refractivity (Wildman–Crippen MR) is 54.2 cm³/mol. The number of nitrogens with one attached hydrogen (secondary N) is 1. The van der Waals surface area contributed by atoms with Gasteiger partial charge in [-0.05, 0) is 31.2 Å². The van der Waals surface area contributed by atoms with Crippen LogP contribution in [0, 0.1) is 0 Å². The average molecular weight is 179 g/mol. The van der Waals surface area contributed by atoms with Crippen LogP contribution >= 0.6 is 0 Å². The molecule has 0 saturated heterocycles. The Kier molecular flexibility index (Phi) is 3.58. The first-order valence-corrected chi connectivity index (χ1v) is 4.45. The van der Waals surface area contributed by atoms with Gasteiger partial charge in [-0.3, -0.25) is 0 Å². The molecular formula is C10H15N2O. The molecule has 3 heteroatoms. The van der Waals surface area contributed by atoms with Crippen LogP contribution in [0.3, 0.4) is 0 Å². The highest BCUT2D eigenvalue weighted by Crippen LogP contribution is 2.16. The molecule has 1 aromatic carbocycles. The molecule has 0 unspecified atom stereocenters. The van der Waals surface area contributed by atoms with E-state index in [-0.39, 0.29) is 6.61 Å². The second-order valence-corrected chi connectivity index (χ2v) is 2.85. The monoisotopic (exact) mass is 179 g/mol. The summed E-state index contributed by atoms with van der Waals surface area (Å²) < 4.78 is 0. The van der Waals surface area contributed by atoms with Crippen LogP contribution in [0.25, 0.3) is 0 Å². The minimum Gasteiger partial charge on any atom is -0.395 e. The molecule has 1 rings (SSSR count). The summed E-state index contributed by atoms with van der Waals surface area (Å²) in [5.74, 6) is 0. The molecule has 0 aliphatic heterocycles. The Morgan fingerprint density at radius 1 is 1.31 bits per heavy atom. The van der Waals surface area contributed by atoms with Crippen molar-refractivity contribution in [2.24, 2.45) is 0 Å². The molecule has 3 nitrogen and oxygen atoms in total. The van der Waals surface area contributed by atoms with Crippen molar-refractivity contribution in [3.8, 4) is 0 Å². The van der Waals surface area contributed by atoms with Crippen LogP contribution in [0.5, 0.6) is 0 Å². The number of rotatable bonds is 4.